The zero-order valence-corrected chi connectivity index (χ0v) is 14.6. The molecule has 25 heavy (non-hydrogen) atoms. The Bertz CT molecular complexity index is 647. The van der Waals surface area contributed by atoms with Gasteiger partial charge in [-0.25, -0.2) is 4.79 Å². The number of rotatable bonds is 5. The van der Waals surface area contributed by atoms with E-state index in [0.29, 0.717) is 24.4 Å². The van der Waals surface area contributed by atoms with Crippen molar-refractivity contribution in [2.45, 2.75) is 26.1 Å². The monoisotopic (exact) mass is 349 g/mol. The van der Waals surface area contributed by atoms with Gasteiger partial charge in [-0.3, -0.25) is 4.79 Å². The Labute approximate surface area is 146 Å². The highest BCUT2D eigenvalue weighted by Gasteiger charge is 2.26. The first-order valence-corrected chi connectivity index (χ1v) is 8.04. The lowest BCUT2D eigenvalue weighted by Crippen LogP contribution is -2.49. The van der Waals surface area contributed by atoms with Crippen LogP contribution in [0.3, 0.4) is 0 Å². The number of phenols is 1. The van der Waals surface area contributed by atoms with Gasteiger partial charge in [0.2, 0.25) is 0 Å². The number of hydrogen-bond donors (Lipinski definition) is 1. The number of hydrogen-bond acceptors (Lipinski definition) is 6. The van der Waals surface area contributed by atoms with E-state index in [4.69, 9.17) is 14.2 Å². The highest BCUT2D eigenvalue weighted by atomic mass is 16.5. The predicted molar refractivity (Wildman–Crippen MR) is 91.2 cm³/mol. The Morgan fingerprint density at radius 3 is 2.64 bits per heavy atom. The molecule has 2 atom stereocenters. The summed E-state index contributed by atoms with van der Waals surface area (Å²) in [6, 6.07) is 4.68. The van der Waals surface area contributed by atoms with Crippen molar-refractivity contribution in [3.8, 4) is 11.5 Å². The van der Waals surface area contributed by atoms with Crippen LogP contribution in [0, 0.1) is 0 Å². The summed E-state index contributed by atoms with van der Waals surface area (Å²) >= 11 is 0. The molecule has 0 bridgehead atoms. The van der Waals surface area contributed by atoms with Crippen molar-refractivity contribution in [3.63, 3.8) is 0 Å². The number of carbonyl (C=O) groups excluding carboxylic acids is 2. The van der Waals surface area contributed by atoms with Crippen LogP contribution < -0.4 is 4.74 Å². The quantitative estimate of drug-likeness (QED) is 0.642. The van der Waals surface area contributed by atoms with Crippen LogP contribution in [0.2, 0.25) is 0 Å². The molecule has 1 aromatic carbocycles. The number of esters is 1. The van der Waals surface area contributed by atoms with Crippen LogP contribution in [-0.4, -0.2) is 60.9 Å². The molecule has 0 aliphatic carbocycles. The lowest BCUT2D eigenvalue weighted by atomic mass is 10.2. The van der Waals surface area contributed by atoms with E-state index in [-0.39, 0.29) is 30.5 Å². The summed E-state index contributed by atoms with van der Waals surface area (Å²) in [5, 5.41) is 9.53. The number of aromatic hydroxyl groups is 1. The Balaban J connectivity index is 1.85. The van der Waals surface area contributed by atoms with E-state index in [1.807, 2.05) is 13.8 Å². The fourth-order valence-corrected chi connectivity index (χ4v) is 2.62. The summed E-state index contributed by atoms with van der Waals surface area (Å²) < 4.78 is 15.6. The molecular weight excluding hydrogens is 326 g/mol. The minimum Gasteiger partial charge on any atom is -0.504 e. The van der Waals surface area contributed by atoms with Crippen molar-refractivity contribution in [1.29, 1.82) is 0 Å². The predicted octanol–water partition coefficient (Wildman–Crippen LogP) is 1.59. The lowest BCUT2D eigenvalue weighted by Gasteiger charge is -2.35. The van der Waals surface area contributed by atoms with Crippen LogP contribution in [0.25, 0.3) is 6.08 Å². The zero-order valence-electron chi connectivity index (χ0n) is 14.6. The maximum atomic E-state index is 12.1. The van der Waals surface area contributed by atoms with Gasteiger partial charge in [-0.2, -0.15) is 0 Å². The van der Waals surface area contributed by atoms with Gasteiger partial charge < -0.3 is 24.2 Å². The van der Waals surface area contributed by atoms with E-state index < -0.39 is 5.97 Å². The highest BCUT2D eigenvalue weighted by molar-refractivity contribution is 5.89. The Kier molecular flexibility index (Phi) is 6.41. The van der Waals surface area contributed by atoms with Gasteiger partial charge in [0.05, 0.1) is 19.3 Å². The second-order valence-electron chi connectivity index (χ2n) is 5.93. The van der Waals surface area contributed by atoms with Crippen LogP contribution in [-0.2, 0) is 19.1 Å². The molecule has 1 fully saturated rings. The van der Waals surface area contributed by atoms with Crippen molar-refractivity contribution >= 4 is 18.0 Å². The average molecular weight is 349 g/mol. The van der Waals surface area contributed by atoms with E-state index in [1.165, 1.54) is 25.3 Å². The second-order valence-corrected chi connectivity index (χ2v) is 5.93. The standard InChI is InChI=1S/C18H23NO6/c1-12-9-19(10-13(2)25-12)17(21)11-24-18(22)7-5-14-4-6-15(20)16(8-14)23-3/h4-8,12-13,20H,9-11H2,1-3H3/b7-5+/t12-,13-/m0/s1. The second kappa shape index (κ2) is 8.53. The average Bonchev–Trinajstić information content (AvgIpc) is 2.58. The third kappa shape index (κ3) is 5.49. The summed E-state index contributed by atoms with van der Waals surface area (Å²) in [5.41, 5.74) is 0.661. The van der Waals surface area contributed by atoms with E-state index in [0.717, 1.165) is 0 Å². The molecule has 1 heterocycles. The van der Waals surface area contributed by atoms with Crippen LogP contribution in [0.4, 0.5) is 0 Å². The van der Waals surface area contributed by atoms with Crippen LogP contribution >= 0.6 is 0 Å². The van der Waals surface area contributed by atoms with Crippen LogP contribution in [0.15, 0.2) is 24.3 Å². The van der Waals surface area contributed by atoms with Crippen molar-refractivity contribution in [2.24, 2.45) is 0 Å². The number of ether oxygens (including phenoxy) is 3. The van der Waals surface area contributed by atoms with Gasteiger partial charge in [-0.15, -0.1) is 0 Å². The number of carbonyl (C=O) groups is 2. The summed E-state index contributed by atoms with van der Waals surface area (Å²) in [7, 11) is 1.44. The molecule has 0 saturated carbocycles. The van der Waals surface area contributed by atoms with Gasteiger partial charge in [0.15, 0.2) is 18.1 Å². The maximum Gasteiger partial charge on any atom is 0.331 e. The number of benzene rings is 1. The molecule has 1 saturated heterocycles. The lowest BCUT2D eigenvalue weighted by molar-refractivity contribution is -0.154. The molecule has 1 amide bonds. The van der Waals surface area contributed by atoms with Crippen LogP contribution in [0.1, 0.15) is 19.4 Å². The number of nitrogens with zero attached hydrogens (tertiary/aromatic N) is 1. The molecule has 1 N–H and O–H groups in total. The first-order valence-electron chi connectivity index (χ1n) is 8.04. The van der Waals surface area contributed by atoms with Gasteiger partial charge in [0.25, 0.3) is 5.91 Å². The molecule has 1 aliphatic heterocycles. The third-order valence-corrected chi connectivity index (χ3v) is 3.73. The molecular formula is C18H23NO6. The molecule has 7 heteroatoms. The van der Waals surface area contributed by atoms with Gasteiger partial charge in [-0.1, -0.05) is 6.07 Å². The number of phenolic OH excluding ortho intramolecular Hbond substituents is 1. The Morgan fingerprint density at radius 1 is 1.32 bits per heavy atom. The topological polar surface area (TPSA) is 85.3 Å². The smallest absolute Gasteiger partial charge is 0.331 e. The first kappa shape index (κ1) is 18.8. The van der Waals surface area contributed by atoms with E-state index >= 15 is 0 Å². The summed E-state index contributed by atoms with van der Waals surface area (Å²) in [5.74, 6) is -0.534. The molecule has 0 aromatic heterocycles. The van der Waals surface area contributed by atoms with Crippen molar-refractivity contribution in [2.75, 3.05) is 26.8 Å². The number of amides is 1. The molecule has 136 valence electrons. The maximum absolute atomic E-state index is 12.1. The van der Waals surface area contributed by atoms with E-state index in [9.17, 15) is 14.7 Å². The Morgan fingerprint density at radius 2 is 2.00 bits per heavy atom. The molecule has 0 spiro atoms. The first-order chi connectivity index (χ1) is 11.9. The summed E-state index contributed by atoms with van der Waals surface area (Å²) in [6.45, 7) is 4.47. The number of morpholine rings is 1. The zero-order chi connectivity index (χ0) is 18.4. The minimum atomic E-state index is -0.616. The van der Waals surface area contributed by atoms with Crippen molar-refractivity contribution in [1.82, 2.24) is 4.90 Å². The fourth-order valence-electron chi connectivity index (χ4n) is 2.62. The fraction of sp³-hybridized carbons (Fsp3) is 0.444. The SMILES string of the molecule is COc1cc(/C=C/C(=O)OCC(=O)N2C[C@H](C)O[C@@H](C)C2)ccc1O. The van der Waals surface area contributed by atoms with E-state index in [2.05, 4.69) is 0 Å². The van der Waals surface area contributed by atoms with Crippen molar-refractivity contribution in [3.05, 3.63) is 29.8 Å². The van der Waals surface area contributed by atoms with Gasteiger partial charge in [-0.05, 0) is 37.6 Å². The molecule has 0 radical (unpaired) electrons. The van der Waals surface area contributed by atoms with Gasteiger partial charge >= 0.3 is 5.97 Å². The minimum absolute atomic E-state index is 0.0155. The number of methoxy groups -OCH3 is 1. The summed E-state index contributed by atoms with van der Waals surface area (Å²) in [4.78, 5) is 25.5. The highest BCUT2D eigenvalue weighted by Crippen LogP contribution is 2.26. The molecule has 7 nitrogen and oxygen atoms in total. The third-order valence-electron chi connectivity index (χ3n) is 3.73. The van der Waals surface area contributed by atoms with Gasteiger partial charge in [0.1, 0.15) is 0 Å². The summed E-state index contributed by atoms with van der Waals surface area (Å²) in [6.07, 6.45) is 2.68. The largest absolute Gasteiger partial charge is 0.504 e. The van der Waals surface area contributed by atoms with Gasteiger partial charge in [0, 0.05) is 19.2 Å². The Hall–Kier alpha value is -2.54. The van der Waals surface area contributed by atoms with Crippen LogP contribution in [0.5, 0.6) is 11.5 Å². The molecule has 2 rings (SSSR count). The normalized spacial score (nSPS) is 20.5. The van der Waals surface area contributed by atoms with Crippen molar-refractivity contribution < 1.29 is 28.9 Å². The molecule has 1 aliphatic rings. The van der Waals surface area contributed by atoms with E-state index in [1.54, 1.807) is 17.0 Å². The molecule has 0 unspecified atom stereocenters. The molecule has 1 aromatic rings.